The number of hydrogen-bond acceptors (Lipinski definition) is 15. The molecule has 4 aliphatic heterocycles. The predicted octanol–water partition coefficient (Wildman–Crippen LogP) is 9.51. The molecule has 2 atom stereocenters. The Morgan fingerprint density at radius 3 is 2.35 bits per heavy atom. The number of nitrogens with zero attached hydrogens (tertiary/aromatic N) is 7. The van der Waals surface area contributed by atoms with E-state index in [0.29, 0.717) is 89.9 Å². The lowest BCUT2D eigenvalue weighted by molar-refractivity contribution is -0.147. The molecule has 7 aromatic rings. The lowest BCUT2D eigenvalue weighted by atomic mass is 9.92. The van der Waals surface area contributed by atoms with Gasteiger partial charge in [0, 0.05) is 80.1 Å². The number of rotatable bonds is 12. The number of halogens is 3. The third-order valence-electron chi connectivity index (χ3n) is 13.4. The van der Waals surface area contributed by atoms with Gasteiger partial charge in [0.1, 0.15) is 47.8 Å². The van der Waals surface area contributed by atoms with Crippen LogP contribution < -0.4 is 18.9 Å². The number of hydrogen-bond donors (Lipinski definition) is 0. The third-order valence-corrected chi connectivity index (χ3v) is 15.4. The van der Waals surface area contributed by atoms with Crippen LogP contribution in [0.1, 0.15) is 27.9 Å². The Hall–Kier alpha value is -5.98. The highest BCUT2D eigenvalue weighted by atomic mass is 35.5. The average molecular weight is 1040 g/mol. The fraction of sp³-hybridized carbons (Fsp3) is 0.352. The second kappa shape index (κ2) is 22.4. The van der Waals surface area contributed by atoms with Crippen molar-refractivity contribution in [2.45, 2.75) is 45.7 Å². The van der Waals surface area contributed by atoms with Gasteiger partial charge in [-0.25, -0.2) is 24.3 Å². The minimum Gasteiger partial charge on any atom is -0.490 e. The average Bonchev–Trinajstić information content (AvgIpc) is 3.79. The molecular formula is C54H54Cl2FN7O7S. The van der Waals surface area contributed by atoms with Crippen molar-refractivity contribution < 1.29 is 37.6 Å². The largest absolute Gasteiger partial charge is 0.490 e. The van der Waals surface area contributed by atoms with Gasteiger partial charge in [0.2, 0.25) is 12.2 Å². The monoisotopic (exact) mass is 1030 g/mol. The molecule has 7 heterocycles. The third kappa shape index (κ3) is 11.1. The maximum absolute atomic E-state index is 14.4. The summed E-state index contributed by atoms with van der Waals surface area (Å²) in [6.45, 7) is 12.9. The lowest BCUT2D eigenvalue weighted by Crippen LogP contribution is -2.49. The zero-order valence-electron chi connectivity index (χ0n) is 40.2. The van der Waals surface area contributed by atoms with Crippen LogP contribution in [-0.4, -0.2) is 133 Å². The van der Waals surface area contributed by atoms with Crippen LogP contribution in [0.2, 0.25) is 10.0 Å². The van der Waals surface area contributed by atoms with Gasteiger partial charge in [-0.05, 0) is 91.5 Å². The van der Waals surface area contributed by atoms with E-state index in [1.165, 1.54) is 35.4 Å². The number of carbonyl (C=O) groups excluding carboxylic acids is 1. The van der Waals surface area contributed by atoms with Crippen molar-refractivity contribution in [1.29, 1.82) is 0 Å². The summed E-state index contributed by atoms with van der Waals surface area (Å²) in [6, 6.07) is 21.9. The van der Waals surface area contributed by atoms with E-state index in [1.807, 2.05) is 38.1 Å². The Morgan fingerprint density at radius 2 is 1.60 bits per heavy atom. The van der Waals surface area contributed by atoms with Crippen molar-refractivity contribution in [2.24, 2.45) is 0 Å². The molecule has 0 unspecified atom stereocenters. The van der Waals surface area contributed by atoms with Gasteiger partial charge in [-0.2, -0.15) is 0 Å². The zero-order valence-corrected chi connectivity index (χ0v) is 42.6. The van der Waals surface area contributed by atoms with Gasteiger partial charge in [0.25, 0.3) is 6.47 Å². The number of ether oxygens (including phenoxy) is 6. The van der Waals surface area contributed by atoms with E-state index in [2.05, 4.69) is 61.0 Å². The molecule has 2 saturated heterocycles. The first-order valence-electron chi connectivity index (χ1n) is 24.0. The van der Waals surface area contributed by atoms with Gasteiger partial charge in [0.05, 0.1) is 40.8 Å². The first-order valence-corrected chi connectivity index (χ1v) is 25.6. The van der Waals surface area contributed by atoms with Crippen molar-refractivity contribution in [1.82, 2.24) is 34.6 Å². The van der Waals surface area contributed by atoms with E-state index in [9.17, 15) is 9.18 Å². The Bertz CT molecular complexity index is 3010. The number of thiophene rings is 1. The molecule has 0 aliphatic carbocycles. The first-order chi connectivity index (χ1) is 35.1. The molecule has 0 saturated carbocycles. The summed E-state index contributed by atoms with van der Waals surface area (Å²) in [5.74, 6) is 1.70. The summed E-state index contributed by atoms with van der Waals surface area (Å²) in [4.78, 5) is 39.5. The van der Waals surface area contributed by atoms with Crippen molar-refractivity contribution in [3.63, 3.8) is 0 Å². The second-order valence-corrected chi connectivity index (χ2v) is 20.0. The smallest absolute Gasteiger partial charge is 0.296 e. The van der Waals surface area contributed by atoms with E-state index < -0.39 is 12.4 Å². The lowest BCUT2D eigenvalue weighted by Gasteiger charge is -2.35. The van der Waals surface area contributed by atoms with Gasteiger partial charge in [-0.15, -0.1) is 11.3 Å². The molecule has 0 amide bonds. The van der Waals surface area contributed by atoms with Crippen molar-refractivity contribution in [2.75, 3.05) is 79.2 Å². The summed E-state index contributed by atoms with van der Waals surface area (Å²) in [5.41, 5.74) is 6.90. The Balaban J connectivity index is 1.01. The van der Waals surface area contributed by atoms with Gasteiger partial charge >= 0.3 is 0 Å². The van der Waals surface area contributed by atoms with Crippen LogP contribution in [0.25, 0.3) is 43.2 Å². The highest BCUT2D eigenvalue weighted by Crippen LogP contribution is 2.53. The standard InChI is InChI=1S/C54H54Cl2FN7O7S/c1-33-45-34(2)49(56)50(48(33)55)70-42(28-64-20-18-62(3)19-21-64)30-67-41-12-13-43(68-29-40-14-16-58-52(61-40)37-6-4-35(5-7-37)15-17-63-22-24-66-25-23-63)38(26-41)27-44(69-32-65)71-53-47-46(45)51(72-54(47)60-31-59-53)36-8-10-39(57)11-9-36/h4-14,16,26,31-32,42,44H,15,17-25,27-30H2,1-3H3/t42-,44-/m1/s1. The van der Waals surface area contributed by atoms with E-state index >= 15 is 0 Å². The Kier molecular flexibility index (Phi) is 15.4. The highest BCUT2D eigenvalue weighted by Gasteiger charge is 2.31. The number of carbonyl (C=O) groups is 1. The topological polar surface area (TPSA) is 134 Å². The fourth-order valence-corrected chi connectivity index (χ4v) is 11.0. The number of piperazine rings is 1. The molecule has 0 spiro atoms. The SMILES string of the molecule is Cc1c(Cl)c2c(Cl)c(C)c1-c1c(-c3ccc(F)cc3)sc3ncnc(c13)O[C@@H](OC=O)Cc1cc(ccc1OCc1ccnc(-c3ccc(CCN4CCOCC4)cc3)n1)OC[C@@H](CN1CCN(C)CC1)O2. The second-order valence-electron chi connectivity index (χ2n) is 18.2. The fourth-order valence-electron chi connectivity index (χ4n) is 9.38. The van der Waals surface area contributed by atoms with Gasteiger partial charge in [-0.1, -0.05) is 59.6 Å². The molecule has 4 bridgehead atoms. The highest BCUT2D eigenvalue weighted by molar-refractivity contribution is 7.22. The van der Waals surface area contributed by atoms with Crippen LogP contribution in [0.5, 0.6) is 23.1 Å². The van der Waals surface area contributed by atoms with Crippen molar-refractivity contribution in [3.8, 4) is 56.1 Å². The quantitative estimate of drug-likeness (QED) is 0.108. The first kappa shape index (κ1) is 49.6. The number of aromatic nitrogens is 4. The van der Waals surface area contributed by atoms with Crippen LogP contribution in [-0.2, 0) is 33.7 Å². The van der Waals surface area contributed by atoms with Crippen molar-refractivity contribution >= 4 is 51.2 Å². The maximum atomic E-state index is 14.4. The molecule has 11 rings (SSSR count). The van der Waals surface area contributed by atoms with Crippen LogP contribution in [0, 0.1) is 19.7 Å². The van der Waals surface area contributed by atoms with Gasteiger partial charge < -0.3 is 33.3 Å². The molecule has 14 nitrogen and oxygen atoms in total. The van der Waals surface area contributed by atoms with Gasteiger partial charge in [0.15, 0.2) is 11.6 Å². The minimum atomic E-state index is -1.21. The summed E-state index contributed by atoms with van der Waals surface area (Å²) in [6.07, 6.45) is 2.38. The Morgan fingerprint density at radius 1 is 0.847 bits per heavy atom. The van der Waals surface area contributed by atoms with E-state index in [1.54, 1.807) is 18.3 Å². The number of fused-ring (bicyclic) bond motifs is 7. The molecule has 4 aromatic carbocycles. The van der Waals surface area contributed by atoms with Crippen LogP contribution in [0.15, 0.2) is 85.3 Å². The minimum absolute atomic E-state index is 0.0270. The molecule has 3 aromatic heterocycles. The summed E-state index contributed by atoms with van der Waals surface area (Å²) < 4.78 is 52.3. The molecular weight excluding hydrogens is 981 g/mol. The molecule has 18 heteroatoms. The maximum Gasteiger partial charge on any atom is 0.296 e. The number of morpholine rings is 1. The molecule has 2 fully saturated rings. The van der Waals surface area contributed by atoms with E-state index in [0.717, 1.165) is 81.5 Å². The van der Waals surface area contributed by atoms with Crippen LogP contribution in [0.3, 0.4) is 0 Å². The normalized spacial score (nSPS) is 18.0. The zero-order chi connectivity index (χ0) is 49.7. The van der Waals surface area contributed by atoms with Crippen LogP contribution in [0.4, 0.5) is 4.39 Å². The van der Waals surface area contributed by atoms with Gasteiger partial charge in [-0.3, -0.25) is 14.6 Å². The molecule has 0 N–H and O–H groups in total. The van der Waals surface area contributed by atoms with Crippen LogP contribution >= 0.6 is 34.5 Å². The number of benzene rings is 4. The molecule has 0 radical (unpaired) electrons. The van der Waals surface area contributed by atoms with E-state index in [-0.39, 0.29) is 31.3 Å². The molecule has 374 valence electrons. The number of likely N-dealkylation sites (N-methyl/N-ethyl adjacent to an activating group) is 1. The predicted molar refractivity (Wildman–Crippen MR) is 276 cm³/mol. The molecule has 4 aliphatic rings. The molecule has 72 heavy (non-hydrogen) atoms. The summed E-state index contributed by atoms with van der Waals surface area (Å²) >= 11 is 16.1. The summed E-state index contributed by atoms with van der Waals surface area (Å²) in [5, 5.41) is 1.18. The Labute approximate surface area is 431 Å². The van der Waals surface area contributed by atoms with E-state index in [4.69, 9.17) is 56.6 Å². The van der Waals surface area contributed by atoms with Crippen molar-refractivity contribution in [3.05, 3.63) is 129 Å². The summed E-state index contributed by atoms with van der Waals surface area (Å²) in [7, 11) is 2.12.